The maximum absolute atomic E-state index is 5.10. The fourth-order valence-corrected chi connectivity index (χ4v) is 4.77. The normalized spacial score (nSPS) is 10.8. The molecule has 194 valence electrons. The van der Waals surface area contributed by atoms with Crippen molar-refractivity contribution in [1.82, 2.24) is 9.97 Å². The van der Waals surface area contributed by atoms with E-state index in [4.69, 9.17) is 9.97 Å². The molecule has 0 aliphatic carbocycles. The minimum Gasteiger partial charge on any atom is -0.329 e. The summed E-state index contributed by atoms with van der Waals surface area (Å²) < 4.78 is 0. The van der Waals surface area contributed by atoms with Crippen LogP contribution in [0.25, 0.3) is 22.5 Å². The summed E-state index contributed by atoms with van der Waals surface area (Å²) >= 11 is 0. The van der Waals surface area contributed by atoms with Gasteiger partial charge in [-0.25, -0.2) is 9.97 Å². The second-order valence-corrected chi connectivity index (χ2v) is 9.74. The summed E-state index contributed by atoms with van der Waals surface area (Å²) in [5.41, 5.74) is 8.45. The van der Waals surface area contributed by atoms with Gasteiger partial charge in [0.05, 0.1) is 11.4 Å². The summed E-state index contributed by atoms with van der Waals surface area (Å²) in [7, 11) is 2.03. The van der Waals surface area contributed by atoms with Gasteiger partial charge in [0.15, 0.2) is 0 Å². The summed E-state index contributed by atoms with van der Waals surface area (Å²) in [5.74, 6) is 1.69. The highest BCUT2D eigenvalue weighted by Crippen LogP contribution is 2.35. The zero-order valence-corrected chi connectivity index (χ0v) is 22.6. The number of hydrogen-bond donors (Lipinski definition) is 0. The van der Waals surface area contributed by atoms with Crippen molar-refractivity contribution in [3.8, 4) is 22.5 Å². The molecule has 0 aliphatic rings. The number of benzene rings is 4. The average Bonchev–Trinajstić information content (AvgIpc) is 3.03. The number of pyridine rings is 2. The minimum atomic E-state index is 0.818. The molecule has 40 heavy (non-hydrogen) atoms. The lowest BCUT2D eigenvalue weighted by atomic mass is 10.0. The fraction of sp³-hybridized carbons (Fsp3) is 0.0556. The van der Waals surface area contributed by atoms with Crippen molar-refractivity contribution in [2.45, 2.75) is 6.92 Å². The van der Waals surface area contributed by atoms with E-state index in [1.165, 1.54) is 16.7 Å². The summed E-state index contributed by atoms with van der Waals surface area (Å²) in [6.07, 6.45) is 0. The molecule has 4 heteroatoms. The molecular formula is C36H30N4. The average molecular weight is 519 g/mol. The van der Waals surface area contributed by atoms with Crippen LogP contribution in [0.5, 0.6) is 0 Å². The number of para-hydroxylation sites is 2. The lowest BCUT2D eigenvalue weighted by Crippen LogP contribution is -2.12. The number of anilines is 5. The van der Waals surface area contributed by atoms with Crippen LogP contribution >= 0.6 is 0 Å². The van der Waals surface area contributed by atoms with Crippen LogP contribution in [-0.4, -0.2) is 17.0 Å². The maximum atomic E-state index is 5.10. The molecule has 4 aromatic carbocycles. The summed E-state index contributed by atoms with van der Waals surface area (Å²) in [6.45, 7) is 2.11. The van der Waals surface area contributed by atoms with Crippen molar-refractivity contribution in [3.05, 3.63) is 151 Å². The molecule has 0 saturated carbocycles. The third-order valence-corrected chi connectivity index (χ3v) is 6.97. The van der Waals surface area contributed by atoms with Crippen LogP contribution in [0.4, 0.5) is 28.7 Å². The first-order chi connectivity index (χ1) is 19.7. The molecular weight excluding hydrogens is 488 g/mol. The van der Waals surface area contributed by atoms with Gasteiger partial charge < -0.3 is 4.90 Å². The van der Waals surface area contributed by atoms with Crippen LogP contribution in [0, 0.1) is 6.92 Å². The van der Waals surface area contributed by atoms with Crippen molar-refractivity contribution in [3.63, 3.8) is 0 Å². The lowest BCUT2D eigenvalue weighted by molar-refractivity contribution is 1.11. The molecule has 0 amide bonds. The molecule has 0 aliphatic heterocycles. The van der Waals surface area contributed by atoms with Gasteiger partial charge in [0.2, 0.25) is 0 Å². The first kappa shape index (κ1) is 25.1. The van der Waals surface area contributed by atoms with Gasteiger partial charge in [-0.05, 0) is 78.7 Å². The highest BCUT2D eigenvalue weighted by molar-refractivity contribution is 5.77. The number of aryl methyl sites for hydroxylation is 1. The van der Waals surface area contributed by atoms with Crippen LogP contribution in [-0.2, 0) is 0 Å². The Morgan fingerprint density at radius 1 is 0.425 bits per heavy atom. The Labute approximate surface area is 235 Å². The lowest BCUT2D eigenvalue weighted by Gasteiger charge is -2.25. The van der Waals surface area contributed by atoms with Gasteiger partial charge in [-0.15, -0.1) is 0 Å². The van der Waals surface area contributed by atoms with E-state index in [-0.39, 0.29) is 0 Å². The molecule has 0 radical (unpaired) electrons. The van der Waals surface area contributed by atoms with Gasteiger partial charge in [-0.1, -0.05) is 90.5 Å². The van der Waals surface area contributed by atoms with Gasteiger partial charge >= 0.3 is 0 Å². The molecule has 2 heterocycles. The highest BCUT2D eigenvalue weighted by Gasteiger charge is 2.16. The van der Waals surface area contributed by atoms with E-state index in [1.807, 2.05) is 67.7 Å². The minimum absolute atomic E-state index is 0.818. The van der Waals surface area contributed by atoms with Crippen molar-refractivity contribution >= 4 is 28.7 Å². The summed E-state index contributed by atoms with van der Waals surface area (Å²) in [4.78, 5) is 14.3. The Morgan fingerprint density at radius 2 is 0.900 bits per heavy atom. The standard InChI is InChI=1S/C36H30N4/c1-27-19-21-28(22-20-27)29-23-25-32(26-24-29)40(31-13-7-4-8-14-31)36-18-10-16-34(38-36)33-15-9-17-35(37-33)39(2)30-11-5-3-6-12-30/h3-26H,1-2H3. The fourth-order valence-electron chi connectivity index (χ4n) is 4.77. The summed E-state index contributed by atoms with van der Waals surface area (Å²) in [6, 6.07) is 50.1. The predicted molar refractivity (Wildman–Crippen MR) is 167 cm³/mol. The Balaban J connectivity index is 1.36. The molecule has 0 fully saturated rings. The number of hydrogen-bond acceptors (Lipinski definition) is 4. The molecule has 2 aromatic heterocycles. The van der Waals surface area contributed by atoms with Gasteiger partial charge in [-0.3, -0.25) is 4.90 Å². The van der Waals surface area contributed by atoms with E-state index in [0.29, 0.717) is 0 Å². The molecule has 4 nitrogen and oxygen atoms in total. The molecule has 0 N–H and O–H groups in total. The Morgan fingerprint density at radius 3 is 1.50 bits per heavy atom. The molecule has 0 unspecified atom stereocenters. The molecule has 0 spiro atoms. The third-order valence-electron chi connectivity index (χ3n) is 6.97. The number of rotatable bonds is 7. The van der Waals surface area contributed by atoms with Crippen molar-refractivity contribution in [1.29, 1.82) is 0 Å². The van der Waals surface area contributed by atoms with E-state index in [1.54, 1.807) is 0 Å². The van der Waals surface area contributed by atoms with Crippen molar-refractivity contribution < 1.29 is 0 Å². The second-order valence-electron chi connectivity index (χ2n) is 9.74. The molecule has 0 saturated heterocycles. The van der Waals surface area contributed by atoms with E-state index < -0.39 is 0 Å². The van der Waals surface area contributed by atoms with Gasteiger partial charge in [0.25, 0.3) is 0 Å². The highest BCUT2D eigenvalue weighted by atomic mass is 15.2. The maximum Gasteiger partial charge on any atom is 0.138 e. The van der Waals surface area contributed by atoms with Crippen LogP contribution in [0.1, 0.15) is 5.56 Å². The Kier molecular flexibility index (Phi) is 7.06. The Bertz CT molecular complexity index is 1700. The smallest absolute Gasteiger partial charge is 0.138 e. The topological polar surface area (TPSA) is 32.3 Å². The third kappa shape index (κ3) is 5.33. The largest absolute Gasteiger partial charge is 0.329 e. The van der Waals surface area contributed by atoms with Crippen LogP contribution in [0.3, 0.4) is 0 Å². The van der Waals surface area contributed by atoms with Crippen molar-refractivity contribution in [2.24, 2.45) is 0 Å². The molecule has 0 atom stereocenters. The van der Waals surface area contributed by atoms with E-state index in [0.717, 1.165) is 40.1 Å². The van der Waals surface area contributed by atoms with Crippen molar-refractivity contribution in [2.75, 3.05) is 16.8 Å². The monoisotopic (exact) mass is 518 g/mol. The first-order valence-corrected chi connectivity index (χ1v) is 13.4. The molecule has 6 rings (SSSR count). The quantitative estimate of drug-likeness (QED) is 0.211. The van der Waals surface area contributed by atoms with E-state index in [2.05, 4.69) is 102 Å². The van der Waals surface area contributed by atoms with Gasteiger partial charge in [-0.2, -0.15) is 0 Å². The molecule has 0 bridgehead atoms. The zero-order valence-electron chi connectivity index (χ0n) is 22.6. The van der Waals surface area contributed by atoms with Gasteiger partial charge in [0, 0.05) is 24.1 Å². The first-order valence-electron chi connectivity index (χ1n) is 13.4. The SMILES string of the molecule is Cc1ccc(-c2ccc(N(c3ccccc3)c3cccc(-c4cccc(N(C)c5ccccc5)n4)n3)cc2)cc1. The zero-order chi connectivity index (χ0) is 27.3. The van der Waals surface area contributed by atoms with Crippen LogP contribution in [0.2, 0.25) is 0 Å². The summed E-state index contributed by atoms with van der Waals surface area (Å²) in [5, 5.41) is 0. The van der Waals surface area contributed by atoms with Crippen LogP contribution < -0.4 is 9.80 Å². The predicted octanol–water partition coefficient (Wildman–Crippen LogP) is 9.36. The number of aromatic nitrogens is 2. The van der Waals surface area contributed by atoms with E-state index >= 15 is 0 Å². The Hall–Kier alpha value is -5.22. The van der Waals surface area contributed by atoms with E-state index in [9.17, 15) is 0 Å². The molecule has 6 aromatic rings. The van der Waals surface area contributed by atoms with Crippen LogP contribution in [0.15, 0.2) is 146 Å². The van der Waals surface area contributed by atoms with Gasteiger partial charge in [0.1, 0.15) is 11.6 Å². The second kappa shape index (κ2) is 11.3. The number of nitrogens with zero attached hydrogens (tertiary/aromatic N) is 4.